The van der Waals surface area contributed by atoms with E-state index in [1.54, 1.807) is 12.2 Å². The van der Waals surface area contributed by atoms with Gasteiger partial charge in [-0.15, -0.1) is 0 Å². The highest BCUT2D eigenvalue weighted by Gasteiger charge is 2.29. The molecular formula is C15H24N2O4. The highest BCUT2D eigenvalue weighted by Crippen LogP contribution is 2.23. The topological polar surface area (TPSA) is 96.8 Å². The molecule has 0 amide bonds. The van der Waals surface area contributed by atoms with Crippen LogP contribution in [-0.4, -0.2) is 38.1 Å². The largest absolute Gasteiger partial charge is 0.459 e. The predicted octanol–water partition coefficient (Wildman–Crippen LogP) is 0.983. The molecule has 0 radical (unpaired) electrons. The van der Waals surface area contributed by atoms with Gasteiger partial charge in [0, 0.05) is 31.3 Å². The fourth-order valence-electron chi connectivity index (χ4n) is 2.11. The lowest BCUT2D eigenvalue weighted by molar-refractivity contribution is -0.159. The van der Waals surface area contributed by atoms with Crippen molar-refractivity contribution in [2.45, 2.75) is 38.5 Å². The van der Waals surface area contributed by atoms with E-state index in [1.807, 2.05) is 19.1 Å². The molecule has 0 saturated carbocycles. The highest BCUT2D eigenvalue weighted by atomic mass is 16.7. The van der Waals surface area contributed by atoms with Crippen LogP contribution in [-0.2, 0) is 19.0 Å². The Hall–Kier alpha value is -1.63. The van der Waals surface area contributed by atoms with Crippen molar-refractivity contribution in [1.29, 1.82) is 0 Å². The van der Waals surface area contributed by atoms with E-state index in [9.17, 15) is 4.79 Å². The molecule has 6 nitrogen and oxygen atoms in total. The van der Waals surface area contributed by atoms with Gasteiger partial charge in [0.05, 0.1) is 0 Å². The first kappa shape index (κ1) is 17.4. The Morgan fingerprint density at radius 2 is 2.19 bits per heavy atom. The molecule has 3 atom stereocenters. The summed E-state index contributed by atoms with van der Waals surface area (Å²) in [4.78, 5) is 11.3. The lowest BCUT2D eigenvalue weighted by atomic mass is 9.98. The minimum atomic E-state index is -0.527. The average molecular weight is 296 g/mol. The van der Waals surface area contributed by atoms with Gasteiger partial charge < -0.3 is 25.7 Å². The number of esters is 1. The molecule has 6 heteroatoms. The molecule has 1 aliphatic rings. The Labute approximate surface area is 125 Å². The highest BCUT2D eigenvalue weighted by molar-refractivity contribution is 5.66. The number of ether oxygens (including phenoxy) is 3. The van der Waals surface area contributed by atoms with Crippen molar-refractivity contribution in [3.05, 3.63) is 35.6 Å². The molecule has 0 saturated heterocycles. The number of hydrogen-bond acceptors (Lipinski definition) is 6. The van der Waals surface area contributed by atoms with E-state index in [4.69, 9.17) is 25.7 Å². The van der Waals surface area contributed by atoms with Gasteiger partial charge in [0.25, 0.3) is 0 Å². The molecule has 0 unspecified atom stereocenters. The minimum absolute atomic E-state index is 0.0652. The summed E-state index contributed by atoms with van der Waals surface area (Å²) in [5, 5.41) is 0. The molecule has 0 bridgehead atoms. The van der Waals surface area contributed by atoms with Crippen LogP contribution in [0, 0.1) is 0 Å². The Balaban J connectivity index is 3.07. The van der Waals surface area contributed by atoms with Crippen molar-refractivity contribution in [2.75, 3.05) is 13.9 Å². The second kappa shape index (κ2) is 8.61. The van der Waals surface area contributed by atoms with E-state index < -0.39 is 12.2 Å². The van der Waals surface area contributed by atoms with Crippen LogP contribution in [0.2, 0.25) is 0 Å². The van der Waals surface area contributed by atoms with Crippen LogP contribution >= 0.6 is 0 Å². The number of hydrogen-bond donors (Lipinski definition) is 2. The Kier molecular flexibility index (Phi) is 7.14. The van der Waals surface area contributed by atoms with Gasteiger partial charge in [0.15, 0.2) is 0 Å². The minimum Gasteiger partial charge on any atom is -0.459 e. The van der Waals surface area contributed by atoms with Gasteiger partial charge in [0.1, 0.15) is 19.0 Å². The predicted molar refractivity (Wildman–Crippen MR) is 80.1 cm³/mol. The molecule has 118 valence electrons. The first-order chi connectivity index (χ1) is 9.99. The number of carbonyl (C=O) groups excluding carboxylic acids is 1. The number of methoxy groups -OCH3 is 1. The van der Waals surface area contributed by atoms with Crippen LogP contribution in [0.4, 0.5) is 0 Å². The van der Waals surface area contributed by atoms with Crippen molar-refractivity contribution in [3.63, 3.8) is 0 Å². The summed E-state index contributed by atoms with van der Waals surface area (Å²) in [6.07, 6.45) is 6.77. The zero-order valence-electron chi connectivity index (χ0n) is 12.7. The molecule has 4 N–H and O–H groups in total. The summed E-state index contributed by atoms with van der Waals surface area (Å²) in [5.41, 5.74) is 13.3. The van der Waals surface area contributed by atoms with E-state index >= 15 is 0 Å². The summed E-state index contributed by atoms with van der Waals surface area (Å²) < 4.78 is 16.0. The van der Waals surface area contributed by atoms with Gasteiger partial charge in [-0.3, -0.25) is 4.79 Å². The van der Waals surface area contributed by atoms with Crippen molar-refractivity contribution in [3.8, 4) is 0 Å². The van der Waals surface area contributed by atoms with Crippen LogP contribution in [0.25, 0.3) is 0 Å². The third-order valence-corrected chi connectivity index (χ3v) is 3.04. The molecular weight excluding hydrogens is 272 g/mol. The third-order valence-electron chi connectivity index (χ3n) is 3.04. The van der Waals surface area contributed by atoms with Crippen LogP contribution in [0.15, 0.2) is 35.6 Å². The van der Waals surface area contributed by atoms with E-state index in [2.05, 4.69) is 0 Å². The fourth-order valence-corrected chi connectivity index (χ4v) is 2.11. The van der Waals surface area contributed by atoms with Gasteiger partial charge in [0.2, 0.25) is 0 Å². The monoisotopic (exact) mass is 296 g/mol. The van der Waals surface area contributed by atoms with Crippen molar-refractivity contribution < 1.29 is 19.0 Å². The lowest BCUT2D eigenvalue weighted by Gasteiger charge is -2.28. The van der Waals surface area contributed by atoms with Crippen LogP contribution in [0.5, 0.6) is 0 Å². The first-order valence-corrected chi connectivity index (χ1v) is 6.89. The zero-order chi connectivity index (χ0) is 15.8. The number of allylic oxidation sites excluding steroid dienone is 2. The molecule has 21 heavy (non-hydrogen) atoms. The Morgan fingerprint density at radius 3 is 2.76 bits per heavy atom. The molecule has 1 rings (SSSR count). The molecule has 0 aliphatic heterocycles. The molecule has 0 spiro atoms. The van der Waals surface area contributed by atoms with Crippen LogP contribution in [0.1, 0.15) is 20.3 Å². The van der Waals surface area contributed by atoms with Crippen molar-refractivity contribution in [1.82, 2.24) is 0 Å². The summed E-state index contributed by atoms with van der Waals surface area (Å²) in [5.74, 6) is -0.368. The van der Waals surface area contributed by atoms with E-state index in [1.165, 1.54) is 14.0 Å². The van der Waals surface area contributed by atoms with E-state index in [0.717, 1.165) is 0 Å². The molecule has 1 aliphatic carbocycles. The summed E-state index contributed by atoms with van der Waals surface area (Å²) in [6, 6.07) is -0.277. The molecule has 0 aromatic rings. The van der Waals surface area contributed by atoms with Gasteiger partial charge in [-0.25, -0.2) is 0 Å². The smallest absolute Gasteiger partial charge is 0.303 e. The Bertz CT molecular complexity index is 443. The fraction of sp³-hybridized carbons (Fsp3) is 0.533. The maximum absolute atomic E-state index is 11.3. The molecule has 0 aromatic heterocycles. The second-order valence-electron chi connectivity index (χ2n) is 4.76. The summed E-state index contributed by atoms with van der Waals surface area (Å²) >= 11 is 0. The third kappa shape index (κ3) is 5.34. The summed E-state index contributed by atoms with van der Waals surface area (Å²) in [7, 11) is 1.53. The molecule has 0 heterocycles. The first-order valence-electron chi connectivity index (χ1n) is 6.89. The van der Waals surface area contributed by atoms with Crippen LogP contribution < -0.4 is 11.5 Å². The van der Waals surface area contributed by atoms with E-state index in [-0.39, 0.29) is 18.8 Å². The van der Waals surface area contributed by atoms with E-state index in [0.29, 0.717) is 17.7 Å². The Morgan fingerprint density at radius 1 is 1.48 bits per heavy atom. The maximum atomic E-state index is 11.3. The maximum Gasteiger partial charge on any atom is 0.303 e. The second-order valence-corrected chi connectivity index (χ2v) is 4.76. The van der Waals surface area contributed by atoms with Gasteiger partial charge in [-0.1, -0.05) is 25.2 Å². The summed E-state index contributed by atoms with van der Waals surface area (Å²) in [6.45, 7) is 3.34. The number of rotatable bonds is 7. The SMILES string of the molecule is CC[C@@H](OC(C)=O)[C@H](OCOC)C1=C[C@H](N)C=CC=C1N. The van der Waals surface area contributed by atoms with Gasteiger partial charge in [-0.2, -0.15) is 0 Å². The lowest BCUT2D eigenvalue weighted by Crippen LogP contribution is -2.37. The van der Waals surface area contributed by atoms with Crippen LogP contribution in [0.3, 0.4) is 0 Å². The normalized spacial score (nSPS) is 21.0. The number of nitrogens with two attached hydrogens (primary N) is 2. The standard InChI is InChI=1S/C15H24N2O4/c1-4-14(21-10(2)18)15(20-9-19-3)12-8-11(16)6-5-7-13(12)17/h5-8,11,14-15H,4,9,16-17H2,1-3H3/t11-,14-,15-/m1/s1. The van der Waals surface area contributed by atoms with Crippen molar-refractivity contribution in [2.24, 2.45) is 11.5 Å². The molecule has 0 fully saturated rings. The van der Waals surface area contributed by atoms with Gasteiger partial charge >= 0.3 is 5.97 Å². The quantitative estimate of drug-likeness (QED) is 0.537. The number of carbonyl (C=O) groups is 1. The molecule has 0 aromatic carbocycles. The van der Waals surface area contributed by atoms with Crippen molar-refractivity contribution >= 4 is 5.97 Å². The van der Waals surface area contributed by atoms with Gasteiger partial charge in [-0.05, 0) is 12.5 Å². The average Bonchev–Trinajstić information content (AvgIpc) is 2.59. The zero-order valence-corrected chi connectivity index (χ0v) is 12.7.